The summed E-state index contributed by atoms with van der Waals surface area (Å²) in [6.45, 7) is 0. The number of carbonyl (C=O) groups excluding carboxylic acids is 1. The number of hydrogen-bond acceptors (Lipinski definition) is 3. The van der Waals surface area contributed by atoms with Gasteiger partial charge in [-0.25, -0.2) is 4.79 Å². The molecule has 0 aliphatic carbocycles. The average Bonchev–Trinajstić information content (AvgIpc) is 1.61. The van der Waals surface area contributed by atoms with E-state index in [4.69, 9.17) is 5.53 Å². The first-order valence-electron chi connectivity index (χ1n) is 1.21. The SMILES string of the molecule is [N-]=[N+]=NOC(=O)S. The second-order valence-corrected chi connectivity index (χ2v) is 0.893. The summed E-state index contributed by atoms with van der Waals surface area (Å²) >= 11 is 3.11. The maximum atomic E-state index is 9.58. The van der Waals surface area contributed by atoms with E-state index in [-0.39, 0.29) is 0 Å². The molecule has 0 aromatic heterocycles. The summed E-state index contributed by atoms with van der Waals surface area (Å²) in [7, 11) is 0. The third-order valence-corrected chi connectivity index (χ3v) is 0.237. The molecule has 0 rings (SSSR count). The van der Waals surface area contributed by atoms with Crippen LogP contribution in [0.1, 0.15) is 0 Å². The minimum Gasteiger partial charge on any atom is -0.350 e. The van der Waals surface area contributed by atoms with Gasteiger partial charge in [-0.1, -0.05) is 12.6 Å². The molecule has 0 aliphatic heterocycles. The minimum atomic E-state index is -0.919. The van der Waals surface area contributed by atoms with E-state index in [9.17, 15) is 4.79 Å². The summed E-state index contributed by atoms with van der Waals surface area (Å²) in [6, 6.07) is 0. The highest BCUT2D eigenvalue weighted by atomic mass is 32.1. The molecule has 38 valence electrons. The van der Waals surface area contributed by atoms with Crippen LogP contribution in [0.3, 0.4) is 0 Å². The van der Waals surface area contributed by atoms with Gasteiger partial charge in [0, 0.05) is 4.91 Å². The average molecular weight is 119 g/mol. The molecule has 7 heavy (non-hydrogen) atoms. The second-order valence-electron chi connectivity index (χ2n) is 0.528. The zero-order chi connectivity index (χ0) is 5.70. The summed E-state index contributed by atoms with van der Waals surface area (Å²) in [5.41, 5.74) is 7.46. The highest BCUT2D eigenvalue weighted by Crippen LogP contribution is 1.84. The van der Waals surface area contributed by atoms with Gasteiger partial charge in [0.1, 0.15) is 5.28 Å². The normalized spacial score (nSPS) is 6.43. The Morgan fingerprint density at radius 2 is 2.57 bits per heavy atom. The van der Waals surface area contributed by atoms with Gasteiger partial charge < -0.3 is 4.84 Å². The molecule has 0 bridgehead atoms. The van der Waals surface area contributed by atoms with E-state index in [1.807, 2.05) is 0 Å². The predicted molar refractivity (Wildman–Crippen MR) is 24.6 cm³/mol. The number of thiol groups is 1. The first-order chi connectivity index (χ1) is 3.27. The van der Waals surface area contributed by atoms with E-state index in [0.29, 0.717) is 0 Å². The molecule has 0 fully saturated rings. The van der Waals surface area contributed by atoms with Gasteiger partial charge in [-0.15, -0.1) is 0 Å². The molecule has 0 N–H and O–H groups in total. The van der Waals surface area contributed by atoms with Gasteiger partial charge in [-0.2, -0.15) is 0 Å². The van der Waals surface area contributed by atoms with E-state index in [1.54, 1.807) is 0 Å². The number of hydrogen-bond donors (Lipinski definition) is 1. The van der Waals surface area contributed by atoms with Gasteiger partial charge in [0.2, 0.25) is 0 Å². The molecule has 0 aliphatic rings. The molecular formula is CHN3O2S. The molecule has 0 radical (unpaired) electrons. The number of nitrogens with zero attached hydrogens (tertiary/aromatic N) is 3. The summed E-state index contributed by atoms with van der Waals surface area (Å²) in [5, 5.41) is 1.51. The number of rotatable bonds is 1. The molecule has 0 spiro atoms. The van der Waals surface area contributed by atoms with Crippen molar-refractivity contribution < 1.29 is 9.63 Å². The van der Waals surface area contributed by atoms with Crippen LogP contribution in [0.5, 0.6) is 0 Å². The molecule has 6 heteroatoms. The van der Waals surface area contributed by atoms with Crippen LogP contribution in [-0.4, -0.2) is 5.30 Å². The van der Waals surface area contributed by atoms with Crippen molar-refractivity contribution in [2.45, 2.75) is 0 Å². The molecule has 0 saturated carbocycles. The highest BCUT2D eigenvalue weighted by Gasteiger charge is 1.83. The monoisotopic (exact) mass is 119 g/mol. The van der Waals surface area contributed by atoms with Gasteiger partial charge in [-0.05, 0) is 5.53 Å². The standard InChI is InChI=1S/CHN3O2S/c2-3-4-6-1(5)7/h(H,5,7). The van der Waals surface area contributed by atoms with Crippen molar-refractivity contribution in [1.29, 1.82) is 0 Å². The van der Waals surface area contributed by atoms with Crippen LogP contribution in [-0.2, 0) is 4.84 Å². The lowest BCUT2D eigenvalue weighted by Gasteiger charge is -1.78. The molecule has 0 heterocycles. The first kappa shape index (κ1) is 6.13. The van der Waals surface area contributed by atoms with E-state index >= 15 is 0 Å². The lowest BCUT2D eigenvalue weighted by molar-refractivity contribution is 0.178. The summed E-state index contributed by atoms with van der Waals surface area (Å²) < 4.78 is 0. The first-order valence-corrected chi connectivity index (χ1v) is 1.66. The third-order valence-electron chi connectivity index (χ3n) is 0.155. The van der Waals surface area contributed by atoms with Crippen molar-refractivity contribution in [3.05, 3.63) is 10.4 Å². The van der Waals surface area contributed by atoms with E-state index in [2.05, 4.69) is 27.7 Å². The van der Waals surface area contributed by atoms with Gasteiger partial charge in [0.15, 0.2) is 0 Å². The van der Waals surface area contributed by atoms with Crippen LogP contribution < -0.4 is 0 Å². The van der Waals surface area contributed by atoms with Crippen LogP contribution in [0, 0.1) is 0 Å². The molecule has 0 saturated heterocycles. The Morgan fingerprint density at radius 1 is 2.00 bits per heavy atom. The molecule has 5 nitrogen and oxygen atoms in total. The maximum absolute atomic E-state index is 9.58. The zero-order valence-electron chi connectivity index (χ0n) is 3.11. The summed E-state index contributed by atoms with van der Waals surface area (Å²) in [5.74, 6) is 0. The zero-order valence-corrected chi connectivity index (χ0v) is 4.00. The van der Waals surface area contributed by atoms with Crippen molar-refractivity contribution in [2.24, 2.45) is 5.28 Å². The van der Waals surface area contributed by atoms with Crippen molar-refractivity contribution in [1.82, 2.24) is 0 Å². The maximum Gasteiger partial charge on any atom is 0.375 e. The van der Waals surface area contributed by atoms with Crippen molar-refractivity contribution in [3.8, 4) is 0 Å². The quantitative estimate of drug-likeness (QED) is 0.185. The molecule has 0 aromatic rings. The number of carbonyl (C=O) groups is 1. The molecular weight excluding hydrogens is 118 g/mol. The Labute approximate surface area is 44.3 Å². The fourth-order valence-corrected chi connectivity index (χ4v) is 0.0897. The van der Waals surface area contributed by atoms with Crippen LogP contribution in [0.15, 0.2) is 5.28 Å². The van der Waals surface area contributed by atoms with E-state index in [0.717, 1.165) is 0 Å². The Morgan fingerprint density at radius 3 is 2.71 bits per heavy atom. The summed E-state index contributed by atoms with van der Waals surface area (Å²) in [6.07, 6.45) is 0. The van der Waals surface area contributed by atoms with Gasteiger partial charge in [-0.3, -0.25) is 0 Å². The molecule has 0 unspecified atom stereocenters. The Balaban J connectivity index is 3.32. The Hall–Kier alpha value is -0.870. The van der Waals surface area contributed by atoms with E-state index in [1.165, 1.54) is 0 Å². The lowest BCUT2D eigenvalue weighted by atomic mass is 11.6. The van der Waals surface area contributed by atoms with E-state index < -0.39 is 5.30 Å². The molecule has 0 atom stereocenters. The van der Waals surface area contributed by atoms with Crippen molar-refractivity contribution in [2.75, 3.05) is 0 Å². The summed E-state index contributed by atoms with van der Waals surface area (Å²) in [4.78, 5) is 15.3. The Kier molecular flexibility index (Phi) is 2.91. The van der Waals surface area contributed by atoms with Crippen molar-refractivity contribution in [3.63, 3.8) is 0 Å². The highest BCUT2D eigenvalue weighted by molar-refractivity contribution is 7.96. The Bertz CT molecular complexity index is 116. The fourth-order valence-electron chi connectivity index (χ4n) is 0.0532. The van der Waals surface area contributed by atoms with Crippen LogP contribution in [0.25, 0.3) is 10.4 Å². The van der Waals surface area contributed by atoms with Crippen LogP contribution >= 0.6 is 12.6 Å². The van der Waals surface area contributed by atoms with Crippen LogP contribution in [0.2, 0.25) is 0 Å². The predicted octanol–water partition coefficient (Wildman–Crippen LogP) is 1.28. The largest absolute Gasteiger partial charge is 0.375 e. The third kappa shape index (κ3) is 5.13. The van der Waals surface area contributed by atoms with Gasteiger partial charge in [0.25, 0.3) is 0 Å². The molecule has 0 amide bonds. The molecule has 0 aromatic carbocycles. The lowest BCUT2D eigenvalue weighted by Crippen LogP contribution is -1.79. The topological polar surface area (TPSA) is 75.1 Å². The van der Waals surface area contributed by atoms with Gasteiger partial charge in [0.05, 0.1) is 0 Å². The van der Waals surface area contributed by atoms with Crippen LogP contribution in [0.4, 0.5) is 4.79 Å². The fraction of sp³-hybridized carbons (Fsp3) is 0. The minimum absolute atomic E-state index is 0.919. The number of azide groups is 1. The van der Waals surface area contributed by atoms with Crippen molar-refractivity contribution >= 4 is 17.9 Å². The second kappa shape index (κ2) is 3.32. The smallest absolute Gasteiger partial charge is 0.350 e. The van der Waals surface area contributed by atoms with Gasteiger partial charge >= 0.3 is 5.30 Å².